The topological polar surface area (TPSA) is 13.1 Å². The highest BCUT2D eigenvalue weighted by Crippen LogP contribution is 2.49. The third-order valence-corrected chi connectivity index (χ3v) is 11.0. The zero-order chi connectivity index (χ0) is 34.9. The van der Waals surface area contributed by atoms with Gasteiger partial charge in [0.2, 0.25) is 0 Å². The van der Waals surface area contributed by atoms with Gasteiger partial charge >= 0.3 is 0 Å². The average molecular weight is 673 g/mol. The van der Waals surface area contributed by atoms with Gasteiger partial charge in [-0.2, -0.15) is 0 Å². The first-order chi connectivity index (χ1) is 26.3. The zero-order valence-electron chi connectivity index (χ0n) is 28.9. The summed E-state index contributed by atoms with van der Waals surface area (Å²) in [7, 11) is 0. The molecule has 1 heterocycles. The van der Waals surface area contributed by atoms with Crippen LogP contribution >= 0.6 is 0 Å². The minimum atomic E-state index is 0.919. The Morgan fingerprint density at radius 3 is 1.51 bits per heavy atom. The Kier molecular flexibility index (Phi) is 6.62. The van der Waals surface area contributed by atoms with E-state index in [9.17, 15) is 0 Å². The molecule has 0 saturated heterocycles. The monoisotopic (exact) mass is 672 g/mol. The molecule has 0 aliphatic carbocycles. The van der Waals surface area contributed by atoms with E-state index in [4.69, 9.17) is 4.42 Å². The van der Waals surface area contributed by atoms with Crippen LogP contribution < -0.4 is 0 Å². The molecule has 0 spiro atoms. The van der Waals surface area contributed by atoms with E-state index in [-0.39, 0.29) is 0 Å². The van der Waals surface area contributed by atoms with Gasteiger partial charge in [-0.3, -0.25) is 0 Å². The molecule has 1 heteroatoms. The maximum atomic E-state index is 7.01. The second-order valence-corrected chi connectivity index (χ2v) is 14.0. The van der Waals surface area contributed by atoms with Crippen LogP contribution in [0, 0.1) is 0 Å². The van der Waals surface area contributed by atoms with E-state index in [0.717, 1.165) is 43.8 Å². The highest BCUT2D eigenvalue weighted by Gasteiger charge is 2.23. The van der Waals surface area contributed by atoms with E-state index in [2.05, 4.69) is 194 Å². The van der Waals surface area contributed by atoms with E-state index < -0.39 is 0 Å². The smallest absolute Gasteiger partial charge is 0.143 e. The number of benzene rings is 10. The molecule has 10 aromatic carbocycles. The molecule has 53 heavy (non-hydrogen) atoms. The van der Waals surface area contributed by atoms with E-state index in [1.807, 2.05) is 0 Å². The van der Waals surface area contributed by atoms with Gasteiger partial charge in [0.15, 0.2) is 0 Å². The van der Waals surface area contributed by atoms with Gasteiger partial charge in [0.25, 0.3) is 0 Å². The first-order valence-corrected chi connectivity index (χ1v) is 18.3. The van der Waals surface area contributed by atoms with E-state index in [1.54, 1.807) is 0 Å². The molecule has 11 rings (SSSR count). The van der Waals surface area contributed by atoms with Crippen molar-refractivity contribution in [2.24, 2.45) is 0 Å². The predicted octanol–water partition coefficient (Wildman–Crippen LogP) is 14.9. The molecule has 0 bridgehead atoms. The minimum Gasteiger partial charge on any atom is -0.455 e. The molecule has 0 aliphatic heterocycles. The Balaban J connectivity index is 1.23. The van der Waals surface area contributed by atoms with Crippen molar-refractivity contribution in [3.63, 3.8) is 0 Å². The molecule has 0 N–H and O–H groups in total. The number of hydrogen-bond donors (Lipinski definition) is 0. The third-order valence-electron chi connectivity index (χ3n) is 11.0. The van der Waals surface area contributed by atoms with E-state index in [1.165, 1.54) is 65.7 Å². The van der Waals surface area contributed by atoms with E-state index in [0.29, 0.717) is 0 Å². The van der Waals surface area contributed by atoms with E-state index >= 15 is 0 Å². The number of para-hydroxylation sites is 1. The molecule has 0 amide bonds. The maximum Gasteiger partial charge on any atom is 0.143 e. The SMILES string of the molecule is c1ccc(-c2ccc3ccc(-c4c5ccccc5c(-c5cc6ccccc6c6oc7c(-c8ccccc8)cccc7c56)c5ccccc45)cc3c2)cc1. The average Bonchev–Trinajstić information content (AvgIpc) is 3.63. The third kappa shape index (κ3) is 4.64. The lowest BCUT2D eigenvalue weighted by atomic mass is 9.84. The Hall–Kier alpha value is -6.96. The summed E-state index contributed by atoms with van der Waals surface area (Å²) in [6.07, 6.45) is 0. The highest BCUT2D eigenvalue weighted by molar-refractivity contribution is 6.29. The standard InChI is InChI=1S/C52H32O/c1-3-14-33(15-4-1)36-28-26-34-27-29-38(31-39(34)30-36)48-42-20-9-11-22-44(42)49(45-23-12-10-21-43(45)48)47-32-37-18-7-8-19-41(37)52-50(47)46-25-13-24-40(51(46)53-52)35-16-5-2-6-17-35/h1-32H. The molecule has 246 valence electrons. The number of hydrogen-bond acceptors (Lipinski definition) is 1. The van der Waals surface area contributed by atoms with Crippen LogP contribution in [-0.4, -0.2) is 0 Å². The Bertz CT molecular complexity index is 3150. The molecule has 0 atom stereocenters. The van der Waals surface area contributed by atoms with Crippen LogP contribution in [0.1, 0.15) is 0 Å². The van der Waals surface area contributed by atoms with Crippen LogP contribution in [0.2, 0.25) is 0 Å². The molecule has 0 aliphatic rings. The number of rotatable bonds is 4. The van der Waals surface area contributed by atoms with Crippen molar-refractivity contribution in [3.8, 4) is 44.5 Å². The van der Waals surface area contributed by atoms with Crippen LogP contribution in [0.15, 0.2) is 199 Å². The molecule has 0 saturated carbocycles. The quantitative estimate of drug-likeness (QED) is 0.170. The largest absolute Gasteiger partial charge is 0.455 e. The van der Waals surface area contributed by atoms with Gasteiger partial charge in [-0.05, 0) is 94.8 Å². The van der Waals surface area contributed by atoms with Crippen LogP contribution in [0.4, 0.5) is 0 Å². The van der Waals surface area contributed by atoms with Crippen molar-refractivity contribution in [1.82, 2.24) is 0 Å². The van der Waals surface area contributed by atoms with Gasteiger partial charge in [0, 0.05) is 21.7 Å². The normalized spacial score (nSPS) is 11.8. The van der Waals surface area contributed by atoms with Gasteiger partial charge in [-0.1, -0.05) is 176 Å². The summed E-state index contributed by atoms with van der Waals surface area (Å²) in [4.78, 5) is 0. The van der Waals surface area contributed by atoms with Gasteiger partial charge in [-0.15, -0.1) is 0 Å². The zero-order valence-corrected chi connectivity index (χ0v) is 28.9. The van der Waals surface area contributed by atoms with Gasteiger partial charge in [-0.25, -0.2) is 0 Å². The molecular formula is C52H32O. The molecule has 0 radical (unpaired) electrons. The fourth-order valence-electron chi connectivity index (χ4n) is 8.62. The molecule has 0 fully saturated rings. The minimum absolute atomic E-state index is 0.919. The molecule has 1 nitrogen and oxygen atoms in total. The predicted molar refractivity (Wildman–Crippen MR) is 225 cm³/mol. The van der Waals surface area contributed by atoms with Crippen molar-refractivity contribution in [3.05, 3.63) is 194 Å². The van der Waals surface area contributed by atoms with Crippen LogP contribution in [0.3, 0.4) is 0 Å². The first kappa shape index (κ1) is 29.7. The number of fused-ring (bicyclic) bond motifs is 8. The van der Waals surface area contributed by atoms with Crippen molar-refractivity contribution in [2.75, 3.05) is 0 Å². The molecule has 11 aromatic rings. The Labute approximate surface area is 307 Å². The lowest BCUT2D eigenvalue weighted by molar-refractivity contribution is 0.674. The summed E-state index contributed by atoms with van der Waals surface area (Å²) in [5, 5.41) is 12.0. The fourth-order valence-corrected chi connectivity index (χ4v) is 8.62. The van der Waals surface area contributed by atoms with Crippen LogP contribution in [0.5, 0.6) is 0 Å². The lowest BCUT2D eigenvalue weighted by Crippen LogP contribution is -1.92. The summed E-state index contributed by atoms with van der Waals surface area (Å²) >= 11 is 0. The summed E-state index contributed by atoms with van der Waals surface area (Å²) in [5.74, 6) is 0. The summed E-state index contributed by atoms with van der Waals surface area (Å²) in [6.45, 7) is 0. The molecule has 1 aromatic heterocycles. The van der Waals surface area contributed by atoms with Crippen LogP contribution in [-0.2, 0) is 0 Å². The maximum absolute atomic E-state index is 7.01. The lowest BCUT2D eigenvalue weighted by Gasteiger charge is -2.19. The fraction of sp³-hybridized carbons (Fsp3) is 0. The Morgan fingerprint density at radius 2 is 0.811 bits per heavy atom. The first-order valence-electron chi connectivity index (χ1n) is 18.3. The van der Waals surface area contributed by atoms with Gasteiger partial charge in [0.05, 0.1) is 0 Å². The summed E-state index contributed by atoms with van der Waals surface area (Å²) in [5.41, 5.74) is 11.4. The molecule has 0 unspecified atom stereocenters. The van der Waals surface area contributed by atoms with Crippen molar-refractivity contribution < 1.29 is 4.42 Å². The second kappa shape index (κ2) is 11.8. The highest BCUT2D eigenvalue weighted by atomic mass is 16.3. The number of furan rings is 1. The van der Waals surface area contributed by atoms with Crippen molar-refractivity contribution in [2.45, 2.75) is 0 Å². The summed E-state index contributed by atoms with van der Waals surface area (Å²) in [6, 6.07) is 70.4. The van der Waals surface area contributed by atoms with Crippen molar-refractivity contribution in [1.29, 1.82) is 0 Å². The van der Waals surface area contributed by atoms with Gasteiger partial charge < -0.3 is 4.42 Å². The Morgan fingerprint density at radius 1 is 0.264 bits per heavy atom. The summed E-state index contributed by atoms with van der Waals surface area (Å²) < 4.78 is 7.01. The molecular weight excluding hydrogens is 641 g/mol. The second-order valence-electron chi connectivity index (χ2n) is 14.0. The van der Waals surface area contributed by atoms with Crippen molar-refractivity contribution >= 4 is 65.0 Å². The van der Waals surface area contributed by atoms with Gasteiger partial charge in [0.1, 0.15) is 11.2 Å². The van der Waals surface area contributed by atoms with Crippen LogP contribution in [0.25, 0.3) is 110 Å².